The van der Waals surface area contributed by atoms with E-state index < -0.39 is 10.8 Å². The van der Waals surface area contributed by atoms with Gasteiger partial charge in [0.2, 0.25) is 11.8 Å². The Labute approximate surface area is 184 Å². The van der Waals surface area contributed by atoms with Crippen LogP contribution in [0.5, 0.6) is 0 Å². The Bertz CT molecular complexity index is 902. The van der Waals surface area contributed by atoms with Crippen LogP contribution in [-0.4, -0.2) is 18.4 Å². The number of carbonyl (C=O) groups is 2. The number of hydrogen-bond donors (Lipinski definition) is 2. The molecule has 4 bridgehead atoms. The van der Waals surface area contributed by atoms with Gasteiger partial charge < -0.3 is 11.1 Å². The molecule has 4 saturated carbocycles. The lowest BCUT2D eigenvalue weighted by molar-refractivity contribution is -0.165. The number of benzene rings is 2. The number of rotatable bonds is 7. The number of carbonyl (C=O) groups excluding carboxylic acids is 2. The molecular formula is C27H32N2O2. The van der Waals surface area contributed by atoms with E-state index >= 15 is 0 Å². The molecule has 4 aliphatic carbocycles. The second-order valence-corrected chi connectivity index (χ2v) is 10.3. The van der Waals surface area contributed by atoms with Crippen molar-refractivity contribution in [3.63, 3.8) is 0 Å². The fraction of sp³-hybridized carbons (Fsp3) is 0.481. The van der Waals surface area contributed by atoms with E-state index in [2.05, 4.69) is 53.8 Å². The predicted octanol–water partition coefficient (Wildman–Crippen LogP) is 4.40. The molecule has 2 unspecified atom stereocenters. The first-order valence-electron chi connectivity index (χ1n) is 11.7. The second-order valence-electron chi connectivity index (χ2n) is 10.3. The number of primary amides is 1. The standard InChI is InChI=1S/C27H32N2O2/c28-24(30)26-14-19-13-20(15-26)17-27(16-19,18-26)25(31)29-12-11-23(21-7-3-1-4-8-21)22-9-5-2-6-10-22/h1-10,19-20,23H,11-18H2,(H2,28,30)(H,29,31). The molecule has 0 spiro atoms. The molecule has 4 aliphatic rings. The lowest BCUT2D eigenvalue weighted by Gasteiger charge is -2.60. The topological polar surface area (TPSA) is 72.2 Å². The number of nitrogens with two attached hydrogens (primary N) is 1. The highest BCUT2D eigenvalue weighted by Crippen LogP contribution is 2.65. The monoisotopic (exact) mass is 416 g/mol. The molecule has 162 valence electrons. The molecule has 0 radical (unpaired) electrons. The average molecular weight is 417 g/mol. The van der Waals surface area contributed by atoms with Crippen LogP contribution in [0.3, 0.4) is 0 Å². The summed E-state index contributed by atoms with van der Waals surface area (Å²) in [4.78, 5) is 25.8. The lowest BCUT2D eigenvalue weighted by atomic mass is 9.43. The molecule has 4 nitrogen and oxygen atoms in total. The highest BCUT2D eigenvalue weighted by Gasteiger charge is 2.62. The van der Waals surface area contributed by atoms with E-state index in [-0.39, 0.29) is 17.7 Å². The fourth-order valence-electron chi connectivity index (χ4n) is 7.23. The van der Waals surface area contributed by atoms with Gasteiger partial charge in [0.1, 0.15) is 0 Å². The maximum absolute atomic E-state index is 13.5. The first kappa shape index (κ1) is 20.3. The van der Waals surface area contributed by atoms with E-state index in [1.54, 1.807) is 0 Å². The lowest BCUT2D eigenvalue weighted by Crippen LogP contribution is -2.60. The van der Waals surface area contributed by atoms with Crippen molar-refractivity contribution in [1.82, 2.24) is 5.32 Å². The zero-order valence-corrected chi connectivity index (χ0v) is 18.1. The Hall–Kier alpha value is -2.62. The molecule has 4 fully saturated rings. The van der Waals surface area contributed by atoms with Gasteiger partial charge in [-0.25, -0.2) is 0 Å². The molecule has 0 aromatic heterocycles. The Morgan fingerprint density at radius 2 is 1.39 bits per heavy atom. The van der Waals surface area contributed by atoms with Crippen LogP contribution in [0, 0.1) is 22.7 Å². The van der Waals surface area contributed by atoms with Crippen molar-refractivity contribution in [2.45, 2.75) is 50.9 Å². The molecule has 3 N–H and O–H groups in total. The molecule has 0 heterocycles. The van der Waals surface area contributed by atoms with Crippen molar-refractivity contribution in [1.29, 1.82) is 0 Å². The summed E-state index contributed by atoms with van der Waals surface area (Å²) in [6.07, 6.45) is 6.28. The summed E-state index contributed by atoms with van der Waals surface area (Å²) in [5, 5.41) is 3.27. The quantitative estimate of drug-likeness (QED) is 0.702. The van der Waals surface area contributed by atoms with Gasteiger partial charge in [-0.2, -0.15) is 0 Å². The Balaban J connectivity index is 1.29. The molecule has 4 heteroatoms. The van der Waals surface area contributed by atoms with Gasteiger partial charge in [0.25, 0.3) is 0 Å². The summed E-state index contributed by atoms with van der Waals surface area (Å²) in [6.45, 7) is 0.633. The normalized spacial score (nSPS) is 31.0. The zero-order valence-electron chi connectivity index (χ0n) is 18.1. The molecule has 2 aromatic carbocycles. The van der Waals surface area contributed by atoms with E-state index in [9.17, 15) is 9.59 Å². The summed E-state index contributed by atoms with van der Waals surface area (Å²) >= 11 is 0. The minimum Gasteiger partial charge on any atom is -0.369 e. The SMILES string of the molecule is NC(=O)C12CC3CC(C1)CC(C(=O)NCCC(c1ccccc1)c1ccccc1)(C3)C2. The molecular weight excluding hydrogens is 384 g/mol. The van der Waals surface area contributed by atoms with Crippen molar-refractivity contribution >= 4 is 11.8 Å². The minimum atomic E-state index is -0.446. The van der Waals surface area contributed by atoms with E-state index in [0.717, 1.165) is 38.5 Å². The summed E-state index contributed by atoms with van der Waals surface area (Å²) in [7, 11) is 0. The van der Waals surface area contributed by atoms with E-state index in [1.165, 1.54) is 11.1 Å². The van der Waals surface area contributed by atoms with E-state index in [0.29, 0.717) is 24.8 Å². The zero-order chi connectivity index (χ0) is 21.5. The maximum atomic E-state index is 13.5. The molecule has 31 heavy (non-hydrogen) atoms. The highest BCUT2D eigenvalue weighted by molar-refractivity contribution is 5.87. The maximum Gasteiger partial charge on any atom is 0.226 e. The van der Waals surface area contributed by atoms with Gasteiger partial charge in [-0.05, 0) is 67.9 Å². The van der Waals surface area contributed by atoms with Gasteiger partial charge in [0.15, 0.2) is 0 Å². The molecule has 2 aromatic rings. The highest BCUT2D eigenvalue weighted by atomic mass is 16.2. The van der Waals surface area contributed by atoms with Crippen LogP contribution in [0.2, 0.25) is 0 Å². The van der Waals surface area contributed by atoms with Crippen LogP contribution < -0.4 is 11.1 Å². The Kier molecular flexibility index (Phi) is 5.11. The van der Waals surface area contributed by atoms with Gasteiger partial charge in [-0.3, -0.25) is 9.59 Å². The first-order valence-corrected chi connectivity index (χ1v) is 11.7. The van der Waals surface area contributed by atoms with E-state index in [4.69, 9.17) is 5.73 Å². The van der Waals surface area contributed by atoms with Crippen molar-refractivity contribution in [2.24, 2.45) is 28.4 Å². The predicted molar refractivity (Wildman–Crippen MR) is 121 cm³/mol. The summed E-state index contributed by atoms with van der Waals surface area (Å²) in [5.74, 6) is 1.15. The number of amides is 2. The van der Waals surface area contributed by atoms with Crippen molar-refractivity contribution < 1.29 is 9.59 Å². The van der Waals surface area contributed by atoms with Gasteiger partial charge >= 0.3 is 0 Å². The van der Waals surface area contributed by atoms with Crippen molar-refractivity contribution in [3.8, 4) is 0 Å². The van der Waals surface area contributed by atoms with Crippen LogP contribution in [0.15, 0.2) is 60.7 Å². The van der Waals surface area contributed by atoms with Crippen LogP contribution in [0.4, 0.5) is 0 Å². The largest absolute Gasteiger partial charge is 0.369 e. The smallest absolute Gasteiger partial charge is 0.226 e. The molecule has 0 saturated heterocycles. The van der Waals surface area contributed by atoms with Gasteiger partial charge in [0.05, 0.1) is 10.8 Å². The molecule has 2 amide bonds. The van der Waals surface area contributed by atoms with Crippen LogP contribution in [-0.2, 0) is 9.59 Å². The summed E-state index contributed by atoms with van der Waals surface area (Å²) < 4.78 is 0. The van der Waals surface area contributed by atoms with Gasteiger partial charge in [-0.15, -0.1) is 0 Å². The third-order valence-corrected chi connectivity index (χ3v) is 8.19. The Morgan fingerprint density at radius 3 is 1.90 bits per heavy atom. The molecule has 6 rings (SSSR count). The molecule has 2 atom stereocenters. The van der Waals surface area contributed by atoms with Crippen LogP contribution >= 0.6 is 0 Å². The first-order chi connectivity index (χ1) is 15.0. The van der Waals surface area contributed by atoms with Gasteiger partial charge in [-0.1, -0.05) is 60.7 Å². The average Bonchev–Trinajstić information content (AvgIpc) is 2.77. The minimum absolute atomic E-state index is 0.145. The van der Waals surface area contributed by atoms with Crippen molar-refractivity contribution in [2.75, 3.05) is 6.54 Å². The fourth-order valence-corrected chi connectivity index (χ4v) is 7.23. The second kappa shape index (κ2) is 7.81. The molecule has 0 aliphatic heterocycles. The third kappa shape index (κ3) is 3.66. The van der Waals surface area contributed by atoms with Gasteiger partial charge in [0, 0.05) is 12.5 Å². The summed E-state index contributed by atoms with van der Waals surface area (Å²) in [6, 6.07) is 21.0. The van der Waals surface area contributed by atoms with E-state index in [1.807, 2.05) is 12.1 Å². The summed E-state index contributed by atoms with van der Waals surface area (Å²) in [5.41, 5.74) is 7.55. The number of nitrogens with one attached hydrogen (secondary N) is 1. The Morgan fingerprint density at radius 1 is 0.871 bits per heavy atom. The van der Waals surface area contributed by atoms with Crippen molar-refractivity contribution in [3.05, 3.63) is 71.8 Å². The third-order valence-electron chi connectivity index (χ3n) is 8.19. The van der Waals surface area contributed by atoms with Crippen LogP contribution in [0.25, 0.3) is 0 Å². The van der Waals surface area contributed by atoms with Crippen LogP contribution in [0.1, 0.15) is 62.0 Å². The number of hydrogen-bond acceptors (Lipinski definition) is 2.